The Bertz CT molecular complexity index is 962. The largest absolute Gasteiger partial charge is 0.370 e. The van der Waals surface area contributed by atoms with Gasteiger partial charge in [0.05, 0.1) is 0 Å². The molecule has 31 heavy (non-hydrogen) atoms. The summed E-state index contributed by atoms with van der Waals surface area (Å²) in [5.74, 6) is 0.962. The van der Waals surface area contributed by atoms with Gasteiger partial charge in [0.25, 0.3) is 0 Å². The van der Waals surface area contributed by atoms with E-state index >= 15 is 0 Å². The molecule has 4 rings (SSSR count). The molecule has 162 valence electrons. The van der Waals surface area contributed by atoms with Crippen LogP contribution in [-0.4, -0.2) is 49.2 Å². The number of hydrogen-bond acceptors (Lipinski definition) is 4. The Kier molecular flexibility index (Phi) is 7.21. The van der Waals surface area contributed by atoms with E-state index in [0.717, 1.165) is 45.0 Å². The van der Waals surface area contributed by atoms with Crippen molar-refractivity contribution >= 4 is 11.5 Å². The lowest BCUT2D eigenvalue weighted by Gasteiger charge is -2.37. The smallest absolute Gasteiger partial charge is 0.126 e. The Balaban J connectivity index is 1.16. The van der Waals surface area contributed by atoms with Crippen LogP contribution in [0.2, 0.25) is 0 Å². The molecule has 0 unspecified atom stereocenters. The molecule has 4 heteroatoms. The fourth-order valence-electron chi connectivity index (χ4n) is 4.39. The fourth-order valence-corrected chi connectivity index (χ4v) is 4.39. The summed E-state index contributed by atoms with van der Waals surface area (Å²) in [7, 11) is 0. The molecule has 0 aliphatic carbocycles. The van der Waals surface area contributed by atoms with Crippen molar-refractivity contribution in [1.82, 2.24) is 9.88 Å². The highest BCUT2D eigenvalue weighted by molar-refractivity contribution is 5.66. The number of rotatable bonds is 8. The highest BCUT2D eigenvalue weighted by Gasteiger charge is 2.17. The van der Waals surface area contributed by atoms with Gasteiger partial charge in [-0.25, -0.2) is 4.98 Å². The summed E-state index contributed by atoms with van der Waals surface area (Å²) in [5, 5.41) is 3.49. The van der Waals surface area contributed by atoms with E-state index in [0.29, 0.717) is 0 Å². The third kappa shape index (κ3) is 5.86. The summed E-state index contributed by atoms with van der Waals surface area (Å²) in [6.07, 6.45) is 4.27. The van der Waals surface area contributed by atoms with Gasteiger partial charge < -0.3 is 10.2 Å². The van der Waals surface area contributed by atoms with Crippen molar-refractivity contribution in [3.63, 3.8) is 0 Å². The molecule has 1 fully saturated rings. The monoisotopic (exact) mass is 414 g/mol. The molecule has 1 N–H and O–H groups in total. The molecule has 1 aliphatic rings. The minimum Gasteiger partial charge on any atom is -0.370 e. The van der Waals surface area contributed by atoms with E-state index in [1.165, 1.54) is 40.9 Å². The number of pyridine rings is 1. The number of hydrogen-bond donors (Lipinski definition) is 1. The van der Waals surface area contributed by atoms with Gasteiger partial charge in [0.1, 0.15) is 5.82 Å². The zero-order valence-corrected chi connectivity index (χ0v) is 18.8. The standard InChI is InChI=1S/C27H34N4/c1-22-10-11-26(23(2)20-22)31-18-16-30(17-19-31)15-7-6-13-28-27-21-25(12-14-29-27)24-8-4-3-5-9-24/h3-5,8-12,14,20-21H,6-7,13,15-19H2,1-2H3,(H,28,29). The maximum Gasteiger partial charge on any atom is 0.126 e. The Hall–Kier alpha value is -2.85. The summed E-state index contributed by atoms with van der Waals surface area (Å²) < 4.78 is 0. The first-order valence-electron chi connectivity index (χ1n) is 11.5. The van der Waals surface area contributed by atoms with Crippen LogP contribution in [0.1, 0.15) is 24.0 Å². The molecule has 3 aromatic rings. The molecule has 0 amide bonds. The number of unbranched alkanes of at least 4 members (excludes halogenated alkanes) is 1. The van der Waals surface area contributed by atoms with Gasteiger partial charge in [-0.05, 0) is 68.1 Å². The number of anilines is 2. The summed E-state index contributed by atoms with van der Waals surface area (Å²) in [6, 6.07) is 21.5. The van der Waals surface area contributed by atoms with Crippen LogP contribution in [0.4, 0.5) is 11.5 Å². The Morgan fingerprint density at radius 1 is 0.839 bits per heavy atom. The van der Waals surface area contributed by atoms with Gasteiger partial charge in [-0.1, -0.05) is 48.0 Å². The summed E-state index contributed by atoms with van der Waals surface area (Å²) in [4.78, 5) is 9.62. The molecule has 1 aromatic heterocycles. The molecule has 0 atom stereocenters. The zero-order chi connectivity index (χ0) is 21.5. The number of nitrogens with one attached hydrogen (secondary N) is 1. The van der Waals surface area contributed by atoms with Crippen LogP contribution in [0.15, 0.2) is 66.9 Å². The SMILES string of the molecule is Cc1ccc(N2CCN(CCCCNc3cc(-c4ccccc4)ccn3)CC2)c(C)c1. The van der Waals surface area contributed by atoms with Gasteiger partial charge in [-0.3, -0.25) is 4.90 Å². The molecule has 1 aliphatic heterocycles. The van der Waals surface area contributed by atoms with Crippen LogP contribution in [0, 0.1) is 13.8 Å². The molecule has 1 saturated heterocycles. The molecule has 2 aromatic carbocycles. The third-order valence-corrected chi connectivity index (χ3v) is 6.14. The van der Waals surface area contributed by atoms with Gasteiger partial charge in [0.2, 0.25) is 0 Å². The second-order valence-corrected chi connectivity index (χ2v) is 8.55. The van der Waals surface area contributed by atoms with Crippen LogP contribution in [0.5, 0.6) is 0 Å². The van der Waals surface area contributed by atoms with Gasteiger partial charge in [-0.15, -0.1) is 0 Å². The number of piperazine rings is 1. The van der Waals surface area contributed by atoms with Crippen molar-refractivity contribution in [2.45, 2.75) is 26.7 Å². The number of aryl methyl sites for hydroxylation is 2. The molecular weight excluding hydrogens is 380 g/mol. The van der Waals surface area contributed by atoms with E-state index in [2.05, 4.69) is 88.5 Å². The van der Waals surface area contributed by atoms with Crippen molar-refractivity contribution in [3.05, 3.63) is 78.0 Å². The van der Waals surface area contributed by atoms with E-state index in [9.17, 15) is 0 Å². The first-order chi connectivity index (χ1) is 15.2. The minimum absolute atomic E-state index is 0.962. The average molecular weight is 415 g/mol. The van der Waals surface area contributed by atoms with E-state index < -0.39 is 0 Å². The van der Waals surface area contributed by atoms with Crippen LogP contribution in [0.25, 0.3) is 11.1 Å². The summed E-state index contributed by atoms with van der Waals surface area (Å²) in [6.45, 7) is 11.1. The predicted molar refractivity (Wildman–Crippen MR) is 132 cm³/mol. The number of benzene rings is 2. The van der Waals surface area contributed by atoms with Crippen molar-refractivity contribution in [1.29, 1.82) is 0 Å². The molecule has 0 bridgehead atoms. The van der Waals surface area contributed by atoms with Gasteiger partial charge in [-0.2, -0.15) is 0 Å². The third-order valence-electron chi connectivity index (χ3n) is 6.14. The lowest BCUT2D eigenvalue weighted by molar-refractivity contribution is 0.253. The number of aromatic nitrogens is 1. The van der Waals surface area contributed by atoms with Gasteiger partial charge >= 0.3 is 0 Å². The normalized spacial score (nSPS) is 14.6. The van der Waals surface area contributed by atoms with Gasteiger partial charge in [0, 0.05) is 44.6 Å². The van der Waals surface area contributed by atoms with Gasteiger partial charge in [0.15, 0.2) is 0 Å². The molecule has 0 spiro atoms. The molecule has 4 nitrogen and oxygen atoms in total. The number of nitrogens with zero attached hydrogens (tertiary/aromatic N) is 3. The molecule has 2 heterocycles. The maximum atomic E-state index is 4.47. The van der Waals surface area contributed by atoms with E-state index in [1.807, 2.05) is 12.3 Å². The first-order valence-corrected chi connectivity index (χ1v) is 11.5. The minimum atomic E-state index is 0.962. The predicted octanol–water partition coefficient (Wildman–Crippen LogP) is 5.38. The van der Waals surface area contributed by atoms with E-state index in [1.54, 1.807) is 0 Å². The van der Waals surface area contributed by atoms with Crippen LogP contribution in [-0.2, 0) is 0 Å². The van der Waals surface area contributed by atoms with E-state index in [-0.39, 0.29) is 0 Å². The summed E-state index contributed by atoms with van der Waals surface area (Å²) >= 11 is 0. The van der Waals surface area contributed by atoms with Crippen molar-refractivity contribution < 1.29 is 0 Å². The van der Waals surface area contributed by atoms with Crippen molar-refractivity contribution in [2.24, 2.45) is 0 Å². The lowest BCUT2D eigenvalue weighted by atomic mass is 10.1. The Morgan fingerprint density at radius 2 is 1.65 bits per heavy atom. The first kappa shape index (κ1) is 21.4. The quantitative estimate of drug-likeness (QED) is 0.502. The second-order valence-electron chi connectivity index (χ2n) is 8.55. The van der Waals surface area contributed by atoms with Crippen LogP contribution < -0.4 is 10.2 Å². The van der Waals surface area contributed by atoms with Crippen LogP contribution >= 0.6 is 0 Å². The summed E-state index contributed by atoms with van der Waals surface area (Å²) in [5.41, 5.74) is 6.58. The van der Waals surface area contributed by atoms with Crippen molar-refractivity contribution in [2.75, 3.05) is 49.5 Å². The van der Waals surface area contributed by atoms with E-state index in [4.69, 9.17) is 0 Å². The average Bonchev–Trinajstić information content (AvgIpc) is 2.80. The topological polar surface area (TPSA) is 31.4 Å². The van der Waals surface area contributed by atoms with Crippen molar-refractivity contribution in [3.8, 4) is 11.1 Å². The molecule has 0 radical (unpaired) electrons. The Labute approximate surface area is 186 Å². The Morgan fingerprint density at radius 3 is 2.42 bits per heavy atom. The molecule has 0 saturated carbocycles. The lowest BCUT2D eigenvalue weighted by Crippen LogP contribution is -2.46. The fraction of sp³-hybridized carbons (Fsp3) is 0.370. The second kappa shape index (κ2) is 10.5. The zero-order valence-electron chi connectivity index (χ0n) is 18.8. The maximum absolute atomic E-state index is 4.47. The highest BCUT2D eigenvalue weighted by Crippen LogP contribution is 2.23. The molecular formula is C27H34N4. The van der Waals surface area contributed by atoms with Crippen LogP contribution in [0.3, 0.4) is 0 Å². The highest BCUT2D eigenvalue weighted by atomic mass is 15.3.